The highest BCUT2D eigenvalue weighted by Gasteiger charge is 2.32. The molecule has 0 saturated carbocycles. The number of hydrogen-bond donors (Lipinski definition) is 1. The van der Waals surface area contributed by atoms with E-state index >= 15 is 0 Å². The van der Waals surface area contributed by atoms with Gasteiger partial charge >= 0.3 is 11.9 Å². The molecule has 0 fully saturated rings. The Morgan fingerprint density at radius 3 is 2.47 bits per heavy atom. The third-order valence-electron chi connectivity index (χ3n) is 4.75. The van der Waals surface area contributed by atoms with Crippen molar-refractivity contribution in [2.45, 2.75) is 38.6 Å². The molecule has 160 valence electrons. The average Bonchev–Trinajstić information content (AvgIpc) is 2.71. The third kappa shape index (κ3) is 3.91. The van der Waals surface area contributed by atoms with Crippen LogP contribution in [0.4, 0.5) is 13.2 Å². The van der Waals surface area contributed by atoms with E-state index in [4.69, 9.17) is 0 Å². The van der Waals surface area contributed by atoms with E-state index in [0.29, 0.717) is 6.42 Å². The van der Waals surface area contributed by atoms with Crippen LogP contribution in [-0.4, -0.2) is 24.2 Å². The maximum absolute atomic E-state index is 13.1. The Hall–Kier alpha value is -2.53. The molecule has 0 aliphatic rings. The first-order valence-electron chi connectivity index (χ1n) is 9.07. The lowest BCUT2D eigenvalue weighted by Crippen LogP contribution is -2.40. The minimum atomic E-state index is -4.61. The van der Waals surface area contributed by atoms with Crippen molar-refractivity contribution < 1.29 is 18.3 Å². The minimum Gasteiger partial charge on any atom is -0.384 e. The molecule has 0 aliphatic carbocycles. The third-order valence-corrected chi connectivity index (χ3v) is 5.38. The van der Waals surface area contributed by atoms with Crippen LogP contribution in [0.1, 0.15) is 42.7 Å². The average molecular weight is 487 g/mol. The Balaban J connectivity index is 2.25. The van der Waals surface area contributed by atoms with Gasteiger partial charge in [0.1, 0.15) is 17.4 Å². The van der Waals surface area contributed by atoms with Gasteiger partial charge in [-0.25, -0.2) is 9.78 Å². The molecular weight excluding hydrogens is 469 g/mol. The van der Waals surface area contributed by atoms with Crippen molar-refractivity contribution in [2.24, 2.45) is 7.05 Å². The Labute approximate surface area is 177 Å². The molecule has 30 heavy (non-hydrogen) atoms. The van der Waals surface area contributed by atoms with Gasteiger partial charge in [0, 0.05) is 41.6 Å². The smallest absolute Gasteiger partial charge is 0.384 e. The quantitative estimate of drug-likeness (QED) is 0.598. The van der Waals surface area contributed by atoms with Crippen molar-refractivity contribution in [1.29, 1.82) is 0 Å². The molecule has 0 spiro atoms. The Morgan fingerprint density at radius 2 is 1.90 bits per heavy atom. The fourth-order valence-corrected chi connectivity index (χ4v) is 3.65. The van der Waals surface area contributed by atoms with Gasteiger partial charge in [0.15, 0.2) is 0 Å². The molecule has 3 aromatic rings. The second kappa shape index (κ2) is 8.31. The number of halogens is 4. The number of aliphatic hydroxyl groups is 1. The van der Waals surface area contributed by atoms with E-state index in [0.717, 1.165) is 29.3 Å². The van der Waals surface area contributed by atoms with Crippen LogP contribution in [0.3, 0.4) is 0 Å². The first-order valence-corrected chi connectivity index (χ1v) is 9.86. The number of alkyl halides is 3. The van der Waals surface area contributed by atoms with Crippen molar-refractivity contribution >= 4 is 27.0 Å². The molecule has 0 amide bonds. The van der Waals surface area contributed by atoms with Gasteiger partial charge < -0.3 is 5.11 Å². The number of pyridine rings is 2. The van der Waals surface area contributed by atoms with Crippen LogP contribution in [-0.2, 0) is 19.8 Å². The Kier molecular flexibility index (Phi) is 6.14. The molecule has 3 rings (SSSR count). The van der Waals surface area contributed by atoms with Gasteiger partial charge in [0.25, 0.3) is 5.56 Å². The molecular formula is C19H18BrF3N4O3. The summed E-state index contributed by atoms with van der Waals surface area (Å²) >= 11 is 3.26. The summed E-state index contributed by atoms with van der Waals surface area (Å²) in [6.45, 7) is 2.11. The first-order chi connectivity index (χ1) is 14.1. The highest BCUT2D eigenvalue weighted by atomic mass is 79.9. The largest absolute Gasteiger partial charge is 0.433 e. The van der Waals surface area contributed by atoms with Gasteiger partial charge in [-0.15, -0.1) is 0 Å². The van der Waals surface area contributed by atoms with Crippen LogP contribution in [0.25, 0.3) is 11.0 Å². The van der Waals surface area contributed by atoms with Crippen molar-refractivity contribution in [3.8, 4) is 0 Å². The lowest BCUT2D eigenvalue weighted by Gasteiger charge is -2.18. The molecule has 1 unspecified atom stereocenters. The van der Waals surface area contributed by atoms with Crippen LogP contribution in [0.15, 0.2) is 38.6 Å². The van der Waals surface area contributed by atoms with Crippen LogP contribution in [0, 0.1) is 0 Å². The molecule has 0 radical (unpaired) electrons. The zero-order valence-electron chi connectivity index (χ0n) is 16.1. The standard InChI is InChI=1S/C19H18BrF3N4O3/c1-3-4-7-27-17(29)14-13(11(20)9-25-16(14)26(2)18(27)30)15(28)10-5-6-12(24-8-10)19(21,22)23/h5-6,8-9,15,28H,3-4,7H2,1-2H3. The number of rotatable bonds is 5. The summed E-state index contributed by atoms with van der Waals surface area (Å²) in [6, 6.07) is 1.85. The number of aliphatic hydroxyl groups excluding tert-OH is 1. The lowest BCUT2D eigenvalue weighted by molar-refractivity contribution is -0.141. The second-order valence-corrected chi connectivity index (χ2v) is 7.60. The predicted molar refractivity (Wildman–Crippen MR) is 107 cm³/mol. The SMILES string of the molecule is CCCCn1c(=O)c2c(C(O)c3ccc(C(F)(F)F)nc3)c(Br)cnc2n(C)c1=O. The number of nitrogens with zero attached hydrogens (tertiary/aromatic N) is 4. The second-order valence-electron chi connectivity index (χ2n) is 6.75. The molecule has 0 saturated heterocycles. The van der Waals surface area contributed by atoms with Crippen LogP contribution >= 0.6 is 15.9 Å². The van der Waals surface area contributed by atoms with Crippen LogP contribution in [0.5, 0.6) is 0 Å². The number of hydrogen-bond acceptors (Lipinski definition) is 5. The van der Waals surface area contributed by atoms with Gasteiger partial charge in [-0.3, -0.25) is 18.9 Å². The zero-order chi connectivity index (χ0) is 22.2. The fourth-order valence-electron chi connectivity index (χ4n) is 3.13. The van der Waals surface area contributed by atoms with E-state index in [2.05, 4.69) is 25.9 Å². The molecule has 3 heterocycles. The van der Waals surface area contributed by atoms with Gasteiger partial charge in [0.05, 0.1) is 5.39 Å². The van der Waals surface area contributed by atoms with Crippen molar-refractivity contribution in [2.75, 3.05) is 0 Å². The maximum atomic E-state index is 13.1. The van der Waals surface area contributed by atoms with E-state index in [9.17, 15) is 27.9 Å². The zero-order valence-corrected chi connectivity index (χ0v) is 17.7. The van der Waals surface area contributed by atoms with Gasteiger partial charge in [0.2, 0.25) is 0 Å². The summed E-state index contributed by atoms with van der Waals surface area (Å²) in [7, 11) is 1.46. The summed E-state index contributed by atoms with van der Waals surface area (Å²) in [5.74, 6) is 0. The predicted octanol–water partition coefficient (Wildman–Crippen LogP) is 3.15. The molecule has 0 aliphatic heterocycles. The molecule has 0 bridgehead atoms. The van der Waals surface area contributed by atoms with Gasteiger partial charge in [-0.05, 0) is 28.4 Å². The summed E-state index contributed by atoms with van der Waals surface area (Å²) < 4.78 is 40.9. The Morgan fingerprint density at radius 1 is 1.20 bits per heavy atom. The highest BCUT2D eigenvalue weighted by molar-refractivity contribution is 9.10. The summed E-state index contributed by atoms with van der Waals surface area (Å²) in [5.41, 5.74) is -2.02. The van der Waals surface area contributed by atoms with Crippen LogP contribution < -0.4 is 11.2 Å². The Bertz CT molecular complexity index is 1200. The summed E-state index contributed by atoms with van der Waals surface area (Å²) in [5, 5.41) is 10.9. The molecule has 1 N–H and O–H groups in total. The summed E-state index contributed by atoms with van der Waals surface area (Å²) in [6.07, 6.45) is -2.49. The monoisotopic (exact) mass is 486 g/mol. The number of unbranched alkanes of at least 4 members (excludes halogenated alkanes) is 1. The number of aryl methyl sites for hydroxylation is 1. The number of aromatic nitrogens is 4. The topological polar surface area (TPSA) is 90.0 Å². The van der Waals surface area contributed by atoms with E-state index in [1.807, 2.05) is 6.92 Å². The number of fused-ring (bicyclic) bond motifs is 1. The van der Waals surface area contributed by atoms with E-state index in [1.165, 1.54) is 17.8 Å². The van der Waals surface area contributed by atoms with Crippen molar-refractivity contribution in [3.63, 3.8) is 0 Å². The first kappa shape index (κ1) is 22.2. The minimum absolute atomic E-state index is 0.00924. The molecule has 1 atom stereocenters. The molecule has 11 heteroatoms. The van der Waals surface area contributed by atoms with Crippen molar-refractivity contribution in [1.82, 2.24) is 19.1 Å². The normalized spacial score (nSPS) is 13.0. The van der Waals surface area contributed by atoms with Gasteiger partial charge in [-0.2, -0.15) is 13.2 Å². The van der Waals surface area contributed by atoms with Gasteiger partial charge in [-0.1, -0.05) is 19.4 Å². The molecule has 7 nitrogen and oxygen atoms in total. The summed E-state index contributed by atoms with van der Waals surface area (Å²) in [4.78, 5) is 33.2. The molecule has 0 aromatic carbocycles. The van der Waals surface area contributed by atoms with E-state index in [-0.39, 0.29) is 33.2 Å². The fraction of sp³-hybridized carbons (Fsp3) is 0.368. The van der Waals surface area contributed by atoms with Crippen LogP contribution in [0.2, 0.25) is 0 Å². The van der Waals surface area contributed by atoms with Crippen molar-refractivity contribution in [3.05, 3.63) is 66.7 Å². The van der Waals surface area contributed by atoms with E-state index in [1.54, 1.807) is 0 Å². The highest BCUT2D eigenvalue weighted by Crippen LogP contribution is 2.33. The maximum Gasteiger partial charge on any atom is 0.433 e. The lowest BCUT2D eigenvalue weighted by atomic mass is 10.0. The van der Waals surface area contributed by atoms with E-state index < -0.39 is 29.2 Å². The molecule has 3 aromatic heterocycles.